The highest BCUT2D eigenvalue weighted by atomic mass is 79.9. The van der Waals surface area contributed by atoms with Gasteiger partial charge in [0.05, 0.1) is 0 Å². The zero-order valence-electron chi connectivity index (χ0n) is 20.7. The predicted octanol–water partition coefficient (Wildman–Crippen LogP) is 7.25. The van der Waals surface area contributed by atoms with E-state index in [2.05, 4.69) is 15.9 Å². The van der Waals surface area contributed by atoms with Gasteiger partial charge in [-0.15, -0.1) is 0 Å². The lowest BCUT2D eigenvalue weighted by molar-refractivity contribution is 0.0442. The Hall–Kier alpha value is -3.29. The standard InChI is InChI=1S/C16H11BrF2O.C16H12F2O/c17-15-4-2-13(19)8-10(15)6-11-5-9-7-12(18)1-3-14(9)16(11)20;17-12-1-3-14-9(7-12)5-11-6-10-8-13(18)2-4-15(10)16(11,14)19/h1-4,7-8,11H,5-6H2;1-4,7-8,11,19H,5-6H2. The van der Waals surface area contributed by atoms with E-state index < -0.39 is 5.60 Å². The zero-order chi connectivity index (χ0) is 27.5. The Balaban J connectivity index is 0.000000142. The molecule has 0 fully saturated rings. The Labute approximate surface area is 231 Å². The average Bonchev–Trinajstić information content (AvgIpc) is 3.44. The first-order valence-electron chi connectivity index (χ1n) is 12.7. The van der Waals surface area contributed by atoms with Crippen LogP contribution in [0.2, 0.25) is 0 Å². The van der Waals surface area contributed by atoms with E-state index in [0.29, 0.717) is 31.2 Å². The summed E-state index contributed by atoms with van der Waals surface area (Å²) in [5.41, 5.74) is 4.28. The second-order valence-corrected chi connectivity index (χ2v) is 11.3. The van der Waals surface area contributed by atoms with Crippen LogP contribution in [0.25, 0.3) is 0 Å². The van der Waals surface area contributed by atoms with Crippen LogP contribution < -0.4 is 0 Å². The first-order valence-corrected chi connectivity index (χ1v) is 13.5. The molecule has 7 rings (SSSR count). The van der Waals surface area contributed by atoms with Gasteiger partial charge in [0, 0.05) is 21.9 Å². The van der Waals surface area contributed by atoms with Gasteiger partial charge in [-0.25, -0.2) is 17.6 Å². The molecular weight excluding hydrogens is 572 g/mol. The molecule has 2 nitrogen and oxygen atoms in total. The van der Waals surface area contributed by atoms with Gasteiger partial charge >= 0.3 is 0 Å². The van der Waals surface area contributed by atoms with Crippen LogP contribution >= 0.6 is 15.9 Å². The number of carbonyl (C=O) groups is 1. The lowest BCUT2D eigenvalue weighted by Gasteiger charge is -2.25. The summed E-state index contributed by atoms with van der Waals surface area (Å²) in [6.07, 6.45) is 2.24. The maximum Gasteiger partial charge on any atom is 0.166 e. The molecule has 7 heteroatoms. The largest absolute Gasteiger partial charge is 0.380 e. The van der Waals surface area contributed by atoms with Gasteiger partial charge in [-0.1, -0.05) is 28.1 Å². The van der Waals surface area contributed by atoms with Crippen molar-refractivity contribution in [2.24, 2.45) is 11.8 Å². The molecule has 1 atom stereocenters. The van der Waals surface area contributed by atoms with Crippen molar-refractivity contribution in [3.63, 3.8) is 0 Å². The quantitative estimate of drug-likeness (QED) is 0.248. The minimum Gasteiger partial charge on any atom is -0.380 e. The highest BCUT2D eigenvalue weighted by molar-refractivity contribution is 9.10. The van der Waals surface area contributed by atoms with Crippen molar-refractivity contribution in [1.29, 1.82) is 0 Å². The SMILES string of the molecule is O=C1c2ccc(F)cc2CC1Cc1cc(F)ccc1Br.OC12c3ccc(F)cc3CC1Cc1cc(F)ccc12. The number of rotatable bonds is 2. The molecule has 0 saturated heterocycles. The number of benzene rings is 4. The molecule has 4 aromatic carbocycles. The first kappa shape index (κ1) is 26.0. The molecule has 0 radical (unpaired) electrons. The number of hydrogen-bond donors (Lipinski definition) is 1. The normalized spacial score (nSPS) is 22.1. The fourth-order valence-electron chi connectivity index (χ4n) is 6.37. The lowest BCUT2D eigenvalue weighted by Crippen LogP contribution is -2.28. The van der Waals surface area contributed by atoms with E-state index in [0.717, 1.165) is 37.9 Å². The Kier molecular flexibility index (Phi) is 6.47. The molecule has 0 saturated carbocycles. The van der Waals surface area contributed by atoms with Crippen molar-refractivity contribution in [3.8, 4) is 0 Å². The number of Topliss-reactive ketones (excluding diaryl/α,β-unsaturated/α-hetero) is 1. The van der Waals surface area contributed by atoms with Gasteiger partial charge in [0.2, 0.25) is 0 Å². The Bertz CT molecular complexity index is 1580. The number of ketones is 1. The topological polar surface area (TPSA) is 37.3 Å². The van der Waals surface area contributed by atoms with E-state index in [-0.39, 0.29) is 40.9 Å². The van der Waals surface area contributed by atoms with Crippen LogP contribution in [0.15, 0.2) is 77.3 Å². The van der Waals surface area contributed by atoms with Crippen molar-refractivity contribution in [1.82, 2.24) is 0 Å². The van der Waals surface area contributed by atoms with Crippen LogP contribution in [0.5, 0.6) is 0 Å². The van der Waals surface area contributed by atoms with Gasteiger partial charge in [0.15, 0.2) is 5.78 Å². The summed E-state index contributed by atoms with van der Waals surface area (Å²) in [4.78, 5) is 12.3. The van der Waals surface area contributed by atoms with Gasteiger partial charge in [-0.05, 0) is 120 Å². The van der Waals surface area contributed by atoms with Crippen LogP contribution in [-0.2, 0) is 31.3 Å². The summed E-state index contributed by atoms with van der Waals surface area (Å²) < 4.78 is 53.8. The van der Waals surface area contributed by atoms with E-state index in [1.165, 1.54) is 54.6 Å². The zero-order valence-corrected chi connectivity index (χ0v) is 22.2. The van der Waals surface area contributed by atoms with Crippen molar-refractivity contribution in [2.45, 2.75) is 31.3 Å². The highest BCUT2D eigenvalue weighted by Crippen LogP contribution is 2.53. The monoisotopic (exact) mass is 594 g/mol. The number of hydrogen-bond acceptors (Lipinski definition) is 2. The second kappa shape index (κ2) is 9.72. The summed E-state index contributed by atoms with van der Waals surface area (Å²) in [6.45, 7) is 0. The third kappa shape index (κ3) is 4.51. The molecule has 3 aliphatic rings. The number of halogens is 5. The van der Waals surface area contributed by atoms with E-state index in [4.69, 9.17) is 0 Å². The molecule has 4 aromatic rings. The van der Waals surface area contributed by atoms with Gasteiger partial charge in [-0.2, -0.15) is 0 Å². The fourth-order valence-corrected chi connectivity index (χ4v) is 6.78. The molecule has 1 N–H and O–H groups in total. The third-order valence-corrected chi connectivity index (χ3v) is 8.90. The summed E-state index contributed by atoms with van der Waals surface area (Å²) >= 11 is 3.37. The first-order chi connectivity index (χ1) is 18.6. The Morgan fingerprint density at radius 2 is 1.23 bits per heavy atom. The lowest BCUT2D eigenvalue weighted by atomic mass is 9.86. The molecule has 198 valence electrons. The van der Waals surface area contributed by atoms with Crippen LogP contribution in [0.4, 0.5) is 17.6 Å². The van der Waals surface area contributed by atoms with Crippen molar-refractivity contribution in [2.75, 3.05) is 0 Å². The minimum absolute atomic E-state index is 0.0103. The molecule has 0 amide bonds. The maximum atomic E-state index is 13.3. The van der Waals surface area contributed by atoms with E-state index in [9.17, 15) is 27.5 Å². The van der Waals surface area contributed by atoms with Crippen LogP contribution in [0.1, 0.15) is 43.7 Å². The summed E-state index contributed by atoms with van der Waals surface area (Å²) in [6, 6.07) is 17.7. The molecule has 1 unspecified atom stereocenters. The van der Waals surface area contributed by atoms with Crippen LogP contribution in [0.3, 0.4) is 0 Å². The fraction of sp³-hybridized carbons (Fsp3) is 0.219. The van der Waals surface area contributed by atoms with Crippen LogP contribution in [0, 0.1) is 35.1 Å². The van der Waals surface area contributed by atoms with E-state index in [1.54, 1.807) is 18.2 Å². The Morgan fingerprint density at radius 3 is 1.85 bits per heavy atom. The number of fused-ring (bicyclic) bond motifs is 6. The van der Waals surface area contributed by atoms with Gasteiger partial charge in [0.25, 0.3) is 0 Å². The Morgan fingerprint density at radius 1 is 0.718 bits per heavy atom. The molecule has 0 bridgehead atoms. The number of carbonyl (C=O) groups excluding carboxylic acids is 1. The average molecular weight is 595 g/mol. The molecule has 0 aromatic heterocycles. The van der Waals surface area contributed by atoms with E-state index in [1.807, 2.05) is 0 Å². The van der Waals surface area contributed by atoms with Gasteiger partial charge in [-0.3, -0.25) is 4.79 Å². The molecular formula is C32H23BrF4O2. The highest BCUT2D eigenvalue weighted by Gasteiger charge is 2.51. The minimum atomic E-state index is -1.08. The predicted molar refractivity (Wildman–Crippen MR) is 142 cm³/mol. The van der Waals surface area contributed by atoms with Crippen molar-refractivity contribution >= 4 is 21.7 Å². The van der Waals surface area contributed by atoms with Gasteiger partial charge < -0.3 is 5.11 Å². The smallest absolute Gasteiger partial charge is 0.166 e. The van der Waals surface area contributed by atoms with Crippen molar-refractivity contribution < 1.29 is 27.5 Å². The molecule has 39 heavy (non-hydrogen) atoms. The van der Waals surface area contributed by atoms with E-state index >= 15 is 0 Å². The summed E-state index contributed by atoms with van der Waals surface area (Å²) in [5, 5.41) is 11.1. The number of aliphatic hydroxyl groups is 1. The van der Waals surface area contributed by atoms with Crippen LogP contribution in [-0.4, -0.2) is 10.9 Å². The summed E-state index contributed by atoms with van der Waals surface area (Å²) in [5.74, 6) is -1.45. The molecule has 0 heterocycles. The maximum absolute atomic E-state index is 13.3. The van der Waals surface area contributed by atoms with Gasteiger partial charge in [0.1, 0.15) is 28.9 Å². The van der Waals surface area contributed by atoms with Crippen molar-refractivity contribution in [3.05, 3.63) is 139 Å². The molecule has 0 spiro atoms. The second-order valence-electron chi connectivity index (χ2n) is 10.5. The third-order valence-electron chi connectivity index (χ3n) is 8.12. The molecule has 3 aliphatic carbocycles. The summed E-state index contributed by atoms with van der Waals surface area (Å²) in [7, 11) is 0. The molecule has 0 aliphatic heterocycles.